The fraction of sp³-hybridized carbons (Fsp3) is 0.429. The first-order chi connectivity index (χ1) is 9.36. The van der Waals surface area contributed by atoms with Crippen LogP contribution in [-0.4, -0.2) is 21.4 Å². The van der Waals surface area contributed by atoms with Crippen molar-refractivity contribution in [2.24, 2.45) is 0 Å². The largest absolute Gasteiger partial charge is 0.357 e. The predicted molar refractivity (Wildman–Crippen MR) is 73.9 cm³/mol. The molecule has 1 aliphatic rings. The molecule has 1 atom stereocenters. The Morgan fingerprint density at radius 1 is 1.26 bits per heavy atom. The van der Waals surface area contributed by atoms with E-state index in [1.165, 1.54) is 6.42 Å². The van der Waals surface area contributed by atoms with Crippen LogP contribution in [-0.2, 0) is 10.6 Å². The zero-order valence-electron chi connectivity index (χ0n) is 10.6. The molecule has 1 unspecified atom stereocenters. The van der Waals surface area contributed by atoms with Crippen LogP contribution in [0.25, 0.3) is 11.1 Å². The van der Waals surface area contributed by atoms with Gasteiger partial charge in [-0.25, -0.2) is 4.68 Å². The summed E-state index contributed by atoms with van der Waals surface area (Å²) in [5.41, 5.74) is 2.99. The van der Waals surface area contributed by atoms with Gasteiger partial charge in [0.05, 0.1) is 17.8 Å². The first kappa shape index (κ1) is 12.6. The molecule has 1 saturated heterocycles. The zero-order chi connectivity index (χ0) is 13.1. The number of rotatable bonds is 3. The van der Waals surface area contributed by atoms with Gasteiger partial charge < -0.3 is 4.74 Å². The maximum atomic E-state index is 5.74. The van der Waals surface area contributed by atoms with Gasteiger partial charge in [-0.1, -0.05) is 6.07 Å². The van der Waals surface area contributed by atoms with Crippen molar-refractivity contribution in [1.29, 1.82) is 0 Å². The number of pyridine rings is 1. The van der Waals surface area contributed by atoms with Crippen molar-refractivity contribution in [3.8, 4) is 11.1 Å². The molecule has 0 saturated carbocycles. The molecule has 0 spiro atoms. The molecule has 2 aromatic heterocycles. The highest BCUT2D eigenvalue weighted by Gasteiger charge is 2.16. The molecule has 0 N–H and O–H groups in total. The summed E-state index contributed by atoms with van der Waals surface area (Å²) >= 11 is 5.74. The Labute approximate surface area is 117 Å². The average Bonchev–Trinajstić information content (AvgIpc) is 2.98. The van der Waals surface area contributed by atoms with Crippen LogP contribution in [0.2, 0.25) is 0 Å². The first-order valence-corrected chi connectivity index (χ1v) is 7.07. The standard InChI is InChI=1S/C14H16ClN3O/c15-7-13-5-4-11(8-16-13)12-9-17-18(10-12)14-3-1-2-6-19-14/h4-5,8-10,14H,1-3,6-7H2. The summed E-state index contributed by atoms with van der Waals surface area (Å²) in [6, 6.07) is 3.96. The lowest BCUT2D eigenvalue weighted by Crippen LogP contribution is -2.18. The summed E-state index contributed by atoms with van der Waals surface area (Å²) < 4.78 is 7.62. The van der Waals surface area contributed by atoms with Gasteiger partial charge in [0, 0.05) is 30.1 Å². The molecule has 3 rings (SSSR count). The van der Waals surface area contributed by atoms with Crippen LogP contribution in [0, 0.1) is 0 Å². The molecular formula is C14H16ClN3O. The van der Waals surface area contributed by atoms with Gasteiger partial charge in [-0.2, -0.15) is 5.10 Å². The second-order valence-corrected chi connectivity index (χ2v) is 4.97. The molecule has 3 heterocycles. The molecule has 5 heteroatoms. The molecule has 0 bridgehead atoms. The maximum Gasteiger partial charge on any atom is 0.150 e. The van der Waals surface area contributed by atoms with Crippen molar-refractivity contribution < 1.29 is 4.74 Å². The lowest BCUT2D eigenvalue weighted by Gasteiger charge is -2.22. The van der Waals surface area contributed by atoms with Gasteiger partial charge in [-0.3, -0.25) is 4.98 Å². The van der Waals surface area contributed by atoms with Crippen molar-refractivity contribution in [2.75, 3.05) is 6.61 Å². The summed E-state index contributed by atoms with van der Waals surface area (Å²) in [6.07, 6.45) is 9.17. The Kier molecular flexibility index (Phi) is 3.80. The SMILES string of the molecule is ClCc1ccc(-c2cnn(C3CCCCO3)c2)cn1. The predicted octanol–water partition coefficient (Wildman–Crippen LogP) is 3.38. The molecule has 2 aromatic rings. The van der Waals surface area contributed by atoms with E-state index in [0.29, 0.717) is 5.88 Å². The molecule has 19 heavy (non-hydrogen) atoms. The lowest BCUT2D eigenvalue weighted by atomic mass is 10.1. The first-order valence-electron chi connectivity index (χ1n) is 6.54. The van der Waals surface area contributed by atoms with Crippen LogP contribution in [0.1, 0.15) is 31.2 Å². The fourth-order valence-corrected chi connectivity index (χ4v) is 2.41. The van der Waals surface area contributed by atoms with Gasteiger partial charge >= 0.3 is 0 Å². The molecule has 1 aliphatic heterocycles. The molecule has 1 fully saturated rings. The van der Waals surface area contributed by atoms with Gasteiger partial charge in [-0.05, 0) is 25.3 Å². The van der Waals surface area contributed by atoms with E-state index in [1.807, 2.05) is 35.4 Å². The van der Waals surface area contributed by atoms with Gasteiger partial charge in [0.1, 0.15) is 6.23 Å². The zero-order valence-corrected chi connectivity index (χ0v) is 11.4. The van der Waals surface area contributed by atoms with Gasteiger partial charge in [-0.15, -0.1) is 11.6 Å². The summed E-state index contributed by atoms with van der Waals surface area (Å²) in [7, 11) is 0. The fourth-order valence-electron chi connectivity index (χ4n) is 2.25. The van der Waals surface area contributed by atoms with E-state index >= 15 is 0 Å². The third kappa shape index (κ3) is 2.80. The summed E-state index contributed by atoms with van der Waals surface area (Å²) in [6.45, 7) is 0.825. The molecule has 4 nitrogen and oxygen atoms in total. The number of aromatic nitrogens is 3. The Balaban J connectivity index is 1.79. The average molecular weight is 278 g/mol. The van der Waals surface area contributed by atoms with Crippen LogP contribution in [0.3, 0.4) is 0 Å². The van der Waals surface area contributed by atoms with E-state index in [1.54, 1.807) is 0 Å². The quantitative estimate of drug-likeness (QED) is 0.808. The van der Waals surface area contributed by atoms with E-state index in [-0.39, 0.29) is 6.23 Å². The third-order valence-electron chi connectivity index (χ3n) is 3.35. The molecule has 100 valence electrons. The number of alkyl halides is 1. The Morgan fingerprint density at radius 3 is 2.89 bits per heavy atom. The van der Waals surface area contributed by atoms with Crippen molar-refractivity contribution in [3.05, 3.63) is 36.4 Å². The van der Waals surface area contributed by atoms with Crippen LogP contribution in [0.4, 0.5) is 0 Å². The number of hydrogen-bond donors (Lipinski definition) is 0. The summed E-state index contributed by atoms with van der Waals surface area (Å²) in [5.74, 6) is 0.440. The van der Waals surface area contributed by atoms with Gasteiger partial charge in [0.2, 0.25) is 0 Å². The van der Waals surface area contributed by atoms with E-state index in [0.717, 1.165) is 36.3 Å². The lowest BCUT2D eigenvalue weighted by molar-refractivity contribution is -0.0394. The Bertz CT molecular complexity index is 532. The van der Waals surface area contributed by atoms with Crippen molar-refractivity contribution in [1.82, 2.24) is 14.8 Å². The minimum absolute atomic E-state index is 0.0811. The van der Waals surface area contributed by atoms with Crippen LogP contribution >= 0.6 is 11.6 Å². The van der Waals surface area contributed by atoms with E-state index < -0.39 is 0 Å². The van der Waals surface area contributed by atoms with Crippen LogP contribution in [0.15, 0.2) is 30.7 Å². The third-order valence-corrected chi connectivity index (χ3v) is 3.62. The minimum Gasteiger partial charge on any atom is -0.357 e. The molecule has 0 aromatic carbocycles. The number of halogens is 1. The van der Waals surface area contributed by atoms with Crippen molar-refractivity contribution in [2.45, 2.75) is 31.4 Å². The van der Waals surface area contributed by atoms with E-state index in [4.69, 9.17) is 16.3 Å². The highest BCUT2D eigenvalue weighted by atomic mass is 35.5. The Morgan fingerprint density at radius 2 is 2.21 bits per heavy atom. The number of hydrogen-bond acceptors (Lipinski definition) is 3. The second kappa shape index (κ2) is 5.72. The molecule has 0 amide bonds. The molecule has 0 radical (unpaired) electrons. The van der Waals surface area contributed by atoms with Crippen LogP contribution in [0.5, 0.6) is 0 Å². The monoisotopic (exact) mass is 277 g/mol. The molecular weight excluding hydrogens is 262 g/mol. The van der Waals surface area contributed by atoms with Crippen molar-refractivity contribution in [3.63, 3.8) is 0 Å². The van der Waals surface area contributed by atoms with Crippen LogP contribution < -0.4 is 0 Å². The van der Waals surface area contributed by atoms with E-state index in [2.05, 4.69) is 10.1 Å². The van der Waals surface area contributed by atoms with E-state index in [9.17, 15) is 0 Å². The highest BCUT2D eigenvalue weighted by molar-refractivity contribution is 6.16. The van der Waals surface area contributed by atoms with Gasteiger partial charge in [0.15, 0.2) is 0 Å². The topological polar surface area (TPSA) is 39.9 Å². The summed E-state index contributed by atoms with van der Waals surface area (Å²) in [4.78, 5) is 4.30. The Hall–Kier alpha value is -1.39. The normalized spacial score (nSPS) is 19.5. The summed E-state index contributed by atoms with van der Waals surface area (Å²) in [5, 5.41) is 4.40. The van der Waals surface area contributed by atoms with Gasteiger partial charge in [0.25, 0.3) is 0 Å². The highest BCUT2D eigenvalue weighted by Crippen LogP contribution is 2.25. The number of nitrogens with zero attached hydrogens (tertiary/aromatic N) is 3. The van der Waals surface area contributed by atoms with Crippen molar-refractivity contribution >= 4 is 11.6 Å². The maximum absolute atomic E-state index is 5.74. The smallest absolute Gasteiger partial charge is 0.150 e. The number of ether oxygens (including phenoxy) is 1. The molecule has 0 aliphatic carbocycles. The minimum atomic E-state index is 0.0811. The second-order valence-electron chi connectivity index (χ2n) is 4.70.